The van der Waals surface area contributed by atoms with Crippen molar-refractivity contribution >= 4 is 23.2 Å². The molecule has 0 saturated carbocycles. The van der Waals surface area contributed by atoms with Crippen LogP contribution >= 0.6 is 11.6 Å². The summed E-state index contributed by atoms with van der Waals surface area (Å²) in [6.07, 6.45) is 5.46. The zero-order valence-electron chi connectivity index (χ0n) is 10.0. The van der Waals surface area contributed by atoms with E-state index in [-0.39, 0.29) is 22.8 Å². The first-order chi connectivity index (χ1) is 8.89. The van der Waals surface area contributed by atoms with E-state index in [2.05, 4.69) is 0 Å². The summed E-state index contributed by atoms with van der Waals surface area (Å²) in [6, 6.07) is 0. The molecule has 6 heteroatoms. The Kier molecular flexibility index (Phi) is 3.45. The molecular weight excluding hydrogens is 272 g/mol. The Hall–Kier alpha value is -1.69. The molecule has 0 amide bonds. The van der Waals surface area contributed by atoms with E-state index in [0.29, 0.717) is 5.76 Å². The van der Waals surface area contributed by atoms with Crippen molar-refractivity contribution in [2.45, 2.75) is 12.5 Å². The Bertz CT molecular complexity index is 578. The van der Waals surface area contributed by atoms with Crippen LogP contribution in [0.1, 0.15) is 6.92 Å². The van der Waals surface area contributed by atoms with Crippen LogP contribution in [0.3, 0.4) is 0 Å². The fourth-order valence-electron chi connectivity index (χ4n) is 1.76. The van der Waals surface area contributed by atoms with Crippen LogP contribution in [-0.4, -0.2) is 34.0 Å². The maximum atomic E-state index is 12.0. The summed E-state index contributed by atoms with van der Waals surface area (Å²) < 4.78 is 5.16. The van der Waals surface area contributed by atoms with Crippen molar-refractivity contribution in [1.82, 2.24) is 0 Å². The second-order valence-corrected chi connectivity index (χ2v) is 4.62. The lowest BCUT2D eigenvalue weighted by Gasteiger charge is -2.29. The van der Waals surface area contributed by atoms with Crippen molar-refractivity contribution in [3.8, 4) is 0 Å². The quantitative estimate of drug-likeness (QED) is 0.730. The Morgan fingerprint density at radius 2 is 2.11 bits per heavy atom. The zero-order valence-corrected chi connectivity index (χ0v) is 10.8. The van der Waals surface area contributed by atoms with Gasteiger partial charge in [0, 0.05) is 5.57 Å². The lowest BCUT2D eigenvalue weighted by Crippen LogP contribution is -2.48. The minimum atomic E-state index is -2.16. The molecule has 2 rings (SSSR count). The monoisotopic (exact) mass is 282 g/mol. The molecule has 0 aromatic carbocycles. The molecule has 0 radical (unpaired) electrons. The summed E-state index contributed by atoms with van der Waals surface area (Å²) in [5.74, 6) is -1.26. The number of ether oxygens (including phenoxy) is 1. The largest absolute Gasteiger partial charge is 0.464 e. The fraction of sp³-hybridized carbons (Fsp3) is 0.231. The first kappa shape index (κ1) is 13.7. The number of rotatable bonds is 2. The Balaban J connectivity index is 2.51. The van der Waals surface area contributed by atoms with Gasteiger partial charge in [-0.2, -0.15) is 0 Å². The number of Topliss-reactive ketones (excluding diaryl/α,β-unsaturated/α-hetero) is 2. The van der Waals surface area contributed by atoms with Gasteiger partial charge in [0.1, 0.15) is 12.0 Å². The molecule has 0 bridgehead atoms. The van der Waals surface area contributed by atoms with Gasteiger partial charge in [0.15, 0.2) is 5.60 Å². The third-order valence-electron chi connectivity index (χ3n) is 2.84. The van der Waals surface area contributed by atoms with Crippen molar-refractivity contribution in [2.24, 2.45) is 0 Å². The van der Waals surface area contributed by atoms with E-state index in [1.54, 1.807) is 0 Å². The third kappa shape index (κ3) is 2.16. The van der Waals surface area contributed by atoms with Gasteiger partial charge in [-0.05, 0) is 19.1 Å². The third-order valence-corrected chi connectivity index (χ3v) is 3.22. The number of fused-ring (bicyclic) bond motifs is 1. The van der Waals surface area contributed by atoms with Crippen LogP contribution in [0.25, 0.3) is 0 Å². The lowest BCUT2D eigenvalue weighted by atomic mass is 9.80. The van der Waals surface area contributed by atoms with Gasteiger partial charge in [-0.1, -0.05) is 17.7 Å². The minimum Gasteiger partial charge on any atom is -0.464 e. The highest BCUT2D eigenvalue weighted by Crippen LogP contribution is 2.36. The van der Waals surface area contributed by atoms with Gasteiger partial charge < -0.3 is 14.9 Å². The summed E-state index contributed by atoms with van der Waals surface area (Å²) in [4.78, 5) is 23.8. The molecule has 1 aliphatic heterocycles. The summed E-state index contributed by atoms with van der Waals surface area (Å²) in [7, 11) is 0. The van der Waals surface area contributed by atoms with Crippen LogP contribution in [-0.2, 0) is 14.3 Å². The van der Waals surface area contributed by atoms with Gasteiger partial charge in [0.05, 0.1) is 17.2 Å². The number of aliphatic hydroxyl groups is 2. The second-order valence-electron chi connectivity index (χ2n) is 4.24. The van der Waals surface area contributed by atoms with Gasteiger partial charge in [-0.25, -0.2) is 0 Å². The van der Waals surface area contributed by atoms with Crippen molar-refractivity contribution in [3.63, 3.8) is 0 Å². The average Bonchev–Trinajstić information content (AvgIpc) is 2.41. The topological polar surface area (TPSA) is 83.8 Å². The van der Waals surface area contributed by atoms with Gasteiger partial charge in [-0.3, -0.25) is 9.59 Å². The van der Waals surface area contributed by atoms with E-state index >= 15 is 0 Å². The molecule has 0 spiro atoms. The molecule has 2 N–H and O–H groups in total. The first-order valence-electron chi connectivity index (χ1n) is 5.47. The molecule has 0 fully saturated rings. The molecule has 1 unspecified atom stereocenters. The van der Waals surface area contributed by atoms with Crippen molar-refractivity contribution < 1.29 is 24.5 Å². The number of hydrogen-bond acceptors (Lipinski definition) is 5. The molecule has 1 atom stereocenters. The maximum Gasteiger partial charge on any atom is 0.214 e. The molecule has 0 aromatic heterocycles. The van der Waals surface area contributed by atoms with Crippen molar-refractivity contribution in [1.29, 1.82) is 0 Å². The van der Waals surface area contributed by atoms with Crippen LogP contribution in [0, 0.1) is 0 Å². The number of hydrogen-bond donors (Lipinski definition) is 2. The zero-order chi connectivity index (χ0) is 14.2. The molecule has 100 valence electrons. The van der Waals surface area contributed by atoms with Crippen LogP contribution in [0.5, 0.6) is 0 Å². The highest BCUT2D eigenvalue weighted by atomic mass is 35.5. The number of ketones is 2. The average molecular weight is 283 g/mol. The predicted molar refractivity (Wildman–Crippen MR) is 67.0 cm³/mol. The Morgan fingerprint density at radius 1 is 1.42 bits per heavy atom. The van der Waals surface area contributed by atoms with Crippen LogP contribution < -0.4 is 0 Å². The van der Waals surface area contributed by atoms with Crippen LogP contribution in [0.4, 0.5) is 0 Å². The van der Waals surface area contributed by atoms with Crippen LogP contribution in [0.15, 0.2) is 46.4 Å². The molecule has 1 heterocycles. The minimum absolute atomic E-state index is 0.0516. The van der Waals surface area contributed by atoms with Crippen molar-refractivity contribution in [2.75, 3.05) is 6.61 Å². The number of carbonyl (C=O) groups is 2. The Morgan fingerprint density at radius 3 is 2.74 bits per heavy atom. The molecule has 0 saturated heterocycles. The first-order valence-corrected chi connectivity index (χ1v) is 5.85. The summed E-state index contributed by atoms with van der Waals surface area (Å²) >= 11 is 5.89. The highest BCUT2D eigenvalue weighted by Gasteiger charge is 2.48. The molecule has 2 aliphatic rings. The summed E-state index contributed by atoms with van der Waals surface area (Å²) in [5, 5.41) is 18.3. The van der Waals surface area contributed by atoms with E-state index in [1.807, 2.05) is 0 Å². The van der Waals surface area contributed by atoms with Gasteiger partial charge in [0.25, 0.3) is 0 Å². The molecule has 5 nitrogen and oxygen atoms in total. The van der Waals surface area contributed by atoms with Crippen molar-refractivity contribution in [3.05, 3.63) is 46.4 Å². The summed E-state index contributed by atoms with van der Waals surface area (Å²) in [5.41, 5.74) is -1.90. The van der Waals surface area contributed by atoms with Crippen LogP contribution in [0.2, 0.25) is 0 Å². The maximum absolute atomic E-state index is 12.0. The van der Waals surface area contributed by atoms with E-state index in [9.17, 15) is 14.7 Å². The SMILES string of the molecule is CC1(O)C(=O)C2=COC(/C=C/CO)=CC2=C(Cl)C1=O. The highest BCUT2D eigenvalue weighted by molar-refractivity contribution is 6.49. The van der Waals surface area contributed by atoms with E-state index in [1.165, 1.54) is 18.2 Å². The van der Waals surface area contributed by atoms with E-state index in [4.69, 9.17) is 21.4 Å². The molecule has 19 heavy (non-hydrogen) atoms. The van der Waals surface area contributed by atoms with Gasteiger partial charge in [-0.15, -0.1) is 0 Å². The number of aliphatic hydroxyl groups excluding tert-OH is 1. The number of allylic oxidation sites excluding steroid dienone is 3. The van der Waals surface area contributed by atoms with E-state index in [0.717, 1.165) is 13.2 Å². The molecule has 1 aliphatic carbocycles. The normalized spacial score (nSPS) is 27.2. The second kappa shape index (κ2) is 4.77. The molecule has 0 aromatic rings. The predicted octanol–water partition coefficient (Wildman–Crippen LogP) is 0.729. The molecular formula is C13H11ClO5. The lowest BCUT2D eigenvalue weighted by molar-refractivity contribution is -0.144. The van der Waals surface area contributed by atoms with E-state index < -0.39 is 17.2 Å². The van der Waals surface area contributed by atoms with Gasteiger partial charge in [0.2, 0.25) is 11.6 Å². The summed E-state index contributed by atoms with van der Waals surface area (Å²) in [6.45, 7) is 0.930. The standard InChI is InChI=1S/C13H11ClO5/c1-13(18)11(16)9-6-19-7(3-2-4-15)5-8(9)10(14)12(13)17/h2-3,5-6,15,18H,4H2,1H3/b3-2+. The number of carbonyl (C=O) groups excluding carboxylic acids is 2. The number of halogens is 1. The fourth-order valence-corrected chi connectivity index (χ4v) is 2.10. The van der Waals surface area contributed by atoms with Gasteiger partial charge >= 0.3 is 0 Å². The Labute approximate surface area is 114 Å². The smallest absolute Gasteiger partial charge is 0.214 e.